The lowest BCUT2D eigenvalue weighted by molar-refractivity contribution is 0.0640. The van der Waals surface area contributed by atoms with E-state index in [4.69, 9.17) is 0 Å². The summed E-state index contributed by atoms with van der Waals surface area (Å²) < 4.78 is 27.6. The van der Waals surface area contributed by atoms with Crippen molar-refractivity contribution in [1.82, 2.24) is 14.1 Å². The lowest BCUT2D eigenvalue weighted by Gasteiger charge is -2.24. The van der Waals surface area contributed by atoms with E-state index in [1.165, 1.54) is 24.1 Å². The highest BCUT2D eigenvalue weighted by Crippen LogP contribution is 2.18. The van der Waals surface area contributed by atoms with Crippen LogP contribution in [0.5, 0.6) is 0 Å². The third-order valence-corrected chi connectivity index (χ3v) is 4.93. The number of aryl methyl sites for hydroxylation is 1. The molecule has 0 aliphatic carbocycles. The summed E-state index contributed by atoms with van der Waals surface area (Å²) in [5, 5.41) is 13.9. The van der Waals surface area contributed by atoms with Gasteiger partial charge in [0.25, 0.3) is 0 Å². The molecule has 0 fully saturated rings. The zero-order valence-corrected chi connectivity index (χ0v) is 14.0. The van der Waals surface area contributed by atoms with Gasteiger partial charge >= 0.3 is 0 Å². The van der Waals surface area contributed by atoms with E-state index in [0.717, 1.165) is 15.6 Å². The number of hydrogen-bond acceptors (Lipinski definition) is 4. The van der Waals surface area contributed by atoms with E-state index in [1.54, 1.807) is 13.8 Å². The van der Waals surface area contributed by atoms with Crippen LogP contribution in [0, 0.1) is 6.92 Å². The van der Waals surface area contributed by atoms with Crippen LogP contribution in [-0.4, -0.2) is 46.8 Å². The average Bonchev–Trinajstić information content (AvgIpc) is 2.87. The van der Waals surface area contributed by atoms with Crippen molar-refractivity contribution < 1.29 is 13.5 Å². The van der Waals surface area contributed by atoms with Crippen molar-refractivity contribution in [2.24, 2.45) is 0 Å². The van der Waals surface area contributed by atoms with Crippen LogP contribution >= 0.6 is 0 Å². The Hall–Kier alpha value is -1.70. The van der Waals surface area contributed by atoms with Gasteiger partial charge in [0.05, 0.1) is 23.7 Å². The summed E-state index contributed by atoms with van der Waals surface area (Å²) >= 11 is 0. The quantitative estimate of drug-likeness (QED) is 0.906. The number of aliphatic hydroxyl groups is 1. The molecular formula is C15H21N3O3S. The molecular weight excluding hydrogens is 302 g/mol. The predicted octanol–water partition coefficient (Wildman–Crippen LogP) is 1.57. The van der Waals surface area contributed by atoms with Gasteiger partial charge in [-0.15, -0.1) is 0 Å². The topological polar surface area (TPSA) is 75.4 Å². The van der Waals surface area contributed by atoms with Gasteiger partial charge < -0.3 is 5.11 Å². The number of benzene rings is 1. The lowest BCUT2D eigenvalue weighted by Crippen LogP contribution is -2.39. The minimum Gasteiger partial charge on any atom is -0.389 e. The molecule has 0 atom stereocenters. The van der Waals surface area contributed by atoms with Crippen LogP contribution in [0.3, 0.4) is 0 Å². The molecule has 1 aromatic heterocycles. The number of aromatic nitrogens is 2. The van der Waals surface area contributed by atoms with Crippen LogP contribution in [0.1, 0.15) is 19.4 Å². The summed E-state index contributed by atoms with van der Waals surface area (Å²) in [6, 6.07) is 7.62. The van der Waals surface area contributed by atoms with Crippen LogP contribution in [0.25, 0.3) is 5.69 Å². The molecule has 6 nitrogen and oxygen atoms in total. The Kier molecular flexibility index (Phi) is 4.42. The van der Waals surface area contributed by atoms with Gasteiger partial charge in [-0.3, -0.25) is 0 Å². The highest BCUT2D eigenvalue weighted by atomic mass is 32.2. The fraction of sp³-hybridized carbons (Fsp3) is 0.400. The van der Waals surface area contributed by atoms with E-state index in [9.17, 15) is 13.5 Å². The SMILES string of the molecule is Cc1ccc(-n2cc(S(=O)(=O)N(C)CC(C)(C)O)cn2)cc1. The van der Waals surface area contributed by atoms with Crippen molar-refractivity contribution >= 4 is 10.0 Å². The van der Waals surface area contributed by atoms with Crippen LogP contribution in [0.4, 0.5) is 0 Å². The Morgan fingerprint density at radius 1 is 1.27 bits per heavy atom. The zero-order chi connectivity index (χ0) is 16.5. The molecule has 0 aliphatic rings. The van der Waals surface area contributed by atoms with Gasteiger partial charge in [-0.2, -0.15) is 9.40 Å². The van der Waals surface area contributed by atoms with Crippen LogP contribution in [-0.2, 0) is 10.0 Å². The van der Waals surface area contributed by atoms with Gasteiger partial charge in [-0.05, 0) is 32.9 Å². The summed E-state index contributed by atoms with van der Waals surface area (Å²) in [5.41, 5.74) is 0.806. The van der Waals surface area contributed by atoms with E-state index in [0.29, 0.717) is 0 Å². The molecule has 0 bridgehead atoms. The highest BCUT2D eigenvalue weighted by Gasteiger charge is 2.27. The van der Waals surface area contributed by atoms with Crippen molar-refractivity contribution in [3.8, 4) is 5.69 Å². The normalized spacial score (nSPS) is 12.8. The summed E-state index contributed by atoms with van der Waals surface area (Å²) in [4.78, 5) is 0.0971. The fourth-order valence-electron chi connectivity index (χ4n) is 2.09. The monoisotopic (exact) mass is 323 g/mol. The standard InChI is InChI=1S/C15H21N3O3S/c1-12-5-7-13(8-6-12)18-10-14(9-16-18)22(20,21)17(4)11-15(2,3)19/h5-10,19H,11H2,1-4H3. The summed E-state index contributed by atoms with van der Waals surface area (Å²) in [7, 11) is -2.24. The summed E-state index contributed by atoms with van der Waals surface area (Å²) in [6.45, 7) is 5.11. The number of hydrogen-bond donors (Lipinski definition) is 1. The largest absolute Gasteiger partial charge is 0.389 e. The number of nitrogens with zero attached hydrogens (tertiary/aromatic N) is 3. The second kappa shape index (κ2) is 5.83. The number of rotatable bonds is 5. The first-order valence-electron chi connectivity index (χ1n) is 6.90. The van der Waals surface area contributed by atoms with E-state index in [1.807, 2.05) is 31.2 Å². The zero-order valence-electron chi connectivity index (χ0n) is 13.2. The first kappa shape index (κ1) is 16.7. The van der Waals surface area contributed by atoms with Gasteiger partial charge in [-0.1, -0.05) is 17.7 Å². The Morgan fingerprint density at radius 3 is 2.41 bits per heavy atom. The van der Waals surface area contributed by atoms with Crippen LogP contribution in [0.15, 0.2) is 41.6 Å². The molecule has 1 N–H and O–H groups in total. The minimum atomic E-state index is -3.68. The summed E-state index contributed by atoms with van der Waals surface area (Å²) in [5.74, 6) is 0. The predicted molar refractivity (Wildman–Crippen MR) is 84.4 cm³/mol. The van der Waals surface area contributed by atoms with E-state index >= 15 is 0 Å². The van der Waals surface area contributed by atoms with Crippen LogP contribution in [0.2, 0.25) is 0 Å². The Bertz CT molecular complexity index is 743. The minimum absolute atomic E-state index is 0.00500. The fourth-order valence-corrected chi connectivity index (χ4v) is 3.35. The van der Waals surface area contributed by atoms with Gasteiger partial charge in [0.2, 0.25) is 10.0 Å². The second-order valence-corrected chi connectivity index (χ2v) is 8.07. The molecule has 0 saturated heterocycles. The maximum atomic E-state index is 12.5. The van der Waals surface area contributed by atoms with Crippen molar-refractivity contribution in [2.45, 2.75) is 31.3 Å². The molecule has 0 saturated carbocycles. The summed E-state index contributed by atoms with van der Waals surface area (Å²) in [6.07, 6.45) is 2.79. The molecule has 7 heteroatoms. The highest BCUT2D eigenvalue weighted by molar-refractivity contribution is 7.89. The van der Waals surface area contributed by atoms with Crippen molar-refractivity contribution in [3.63, 3.8) is 0 Å². The first-order chi connectivity index (χ1) is 10.1. The number of sulfonamides is 1. The van der Waals surface area contributed by atoms with Crippen molar-refractivity contribution in [1.29, 1.82) is 0 Å². The first-order valence-corrected chi connectivity index (χ1v) is 8.34. The lowest BCUT2D eigenvalue weighted by atomic mass is 10.1. The molecule has 2 aromatic rings. The van der Waals surface area contributed by atoms with Crippen LogP contribution < -0.4 is 0 Å². The van der Waals surface area contributed by atoms with Gasteiger partial charge in [0, 0.05) is 13.6 Å². The Balaban J connectivity index is 2.28. The maximum Gasteiger partial charge on any atom is 0.246 e. The molecule has 22 heavy (non-hydrogen) atoms. The maximum absolute atomic E-state index is 12.5. The molecule has 1 aromatic carbocycles. The Morgan fingerprint density at radius 2 is 1.86 bits per heavy atom. The average molecular weight is 323 g/mol. The third-order valence-electron chi connectivity index (χ3n) is 3.18. The molecule has 0 unspecified atom stereocenters. The smallest absolute Gasteiger partial charge is 0.246 e. The molecule has 2 rings (SSSR count). The second-order valence-electron chi connectivity index (χ2n) is 6.03. The molecule has 0 amide bonds. The van der Waals surface area contributed by atoms with Crippen molar-refractivity contribution in [2.75, 3.05) is 13.6 Å². The van der Waals surface area contributed by atoms with E-state index in [2.05, 4.69) is 5.10 Å². The van der Waals surface area contributed by atoms with Gasteiger partial charge in [0.1, 0.15) is 4.90 Å². The molecule has 0 aliphatic heterocycles. The molecule has 1 heterocycles. The van der Waals surface area contributed by atoms with E-state index < -0.39 is 15.6 Å². The van der Waals surface area contributed by atoms with E-state index in [-0.39, 0.29) is 11.4 Å². The molecule has 120 valence electrons. The number of likely N-dealkylation sites (N-methyl/N-ethyl adjacent to an activating group) is 1. The Labute approximate surface area is 131 Å². The third kappa shape index (κ3) is 3.73. The molecule has 0 spiro atoms. The van der Waals surface area contributed by atoms with Gasteiger partial charge in [-0.25, -0.2) is 13.1 Å². The van der Waals surface area contributed by atoms with Gasteiger partial charge in [0.15, 0.2) is 0 Å². The molecule has 0 radical (unpaired) electrons. The van der Waals surface area contributed by atoms with Crippen molar-refractivity contribution in [3.05, 3.63) is 42.2 Å².